The molecule has 1 heterocycles. The topological polar surface area (TPSA) is 39.1 Å². The standard InChI is InChI=1S/C11H9Br2NO2S/c12-5-9(15)7(13)6-14-8-3-1-2-4-10(8)17-11(14)16/h1-4,7H,5-6H2/t7-/m0/s1. The summed E-state index contributed by atoms with van der Waals surface area (Å²) in [6.45, 7) is 0.368. The minimum Gasteiger partial charge on any atom is -0.297 e. The van der Waals surface area contributed by atoms with Crippen molar-refractivity contribution in [1.82, 2.24) is 4.57 Å². The highest BCUT2D eigenvalue weighted by molar-refractivity contribution is 9.10. The number of Topliss-reactive ketones (excluding diaryl/α,β-unsaturated/α-hetero) is 1. The zero-order chi connectivity index (χ0) is 12.4. The fourth-order valence-electron chi connectivity index (χ4n) is 1.53. The second-order valence-electron chi connectivity index (χ2n) is 3.51. The van der Waals surface area contributed by atoms with Gasteiger partial charge in [-0.2, -0.15) is 0 Å². The van der Waals surface area contributed by atoms with Gasteiger partial charge in [-0.25, -0.2) is 0 Å². The van der Waals surface area contributed by atoms with Gasteiger partial charge in [-0.3, -0.25) is 14.2 Å². The summed E-state index contributed by atoms with van der Waals surface area (Å²) >= 11 is 7.64. The Balaban J connectivity index is 2.39. The first kappa shape index (κ1) is 13.0. The Bertz CT molecular complexity index is 605. The van der Waals surface area contributed by atoms with E-state index in [-0.39, 0.29) is 15.5 Å². The van der Waals surface area contributed by atoms with Crippen molar-refractivity contribution >= 4 is 59.2 Å². The number of para-hydroxylation sites is 1. The van der Waals surface area contributed by atoms with Crippen LogP contribution in [-0.4, -0.2) is 20.5 Å². The van der Waals surface area contributed by atoms with Gasteiger partial charge in [-0.15, -0.1) is 0 Å². The van der Waals surface area contributed by atoms with E-state index in [9.17, 15) is 9.59 Å². The lowest BCUT2D eigenvalue weighted by atomic mass is 10.3. The van der Waals surface area contributed by atoms with Crippen LogP contribution in [0.4, 0.5) is 0 Å². The number of thiazole rings is 1. The molecular formula is C11H9Br2NO2S. The highest BCUT2D eigenvalue weighted by Crippen LogP contribution is 2.18. The highest BCUT2D eigenvalue weighted by Gasteiger charge is 2.17. The molecule has 0 aliphatic heterocycles. The van der Waals surface area contributed by atoms with Gasteiger partial charge < -0.3 is 0 Å². The van der Waals surface area contributed by atoms with E-state index in [4.69, 9.17) is 0 Å². The predicted octanol–water partition coefficient (Wildman–Crippen LogP) is 2.79. The van der Waals surface area contributed by atoms with Crippen molar-refractivity contribution in [3.8, 4) is 0 Å². The summed E-state index contributed by atoms with van der Waals surface area (Å²) in [6, 6.07) is 7.59. The highest BCUT2D eigenvalue weighted by atomic mass is 79.9. The van der Waals surface area contributed by atoms with Crippen LogP contribution in [0.2, 0.25) is 0 Å². The third-order valence-electron chi connectivity index (χ3n) is 2.40. The maximum absolute atomic E-state index is 11.8. The normalized spacial score (nSPS) is 12.8. The third-order valence-corrected chi connectivity index (χ3v) is 4.71. The van der Waals surface area contributed by atoms with Gasteiger partial charge in [0.2, 0.25) is 0 Å². The molecule has 0 N–H and O–H groups in total. The first-order chi connectivity index (χ1) is 8.13. The van der Waals surface area contributed by atoms with Gasteiger partial charge in [-0.05, 0) is 12.1 Å². The van der Waals surface area contributed by atoms with Crippen molar-refractivity contribution < 1.29 is 4.79 Å². The Morgan fingerprint density at radius 3 is 2.82 bits per heavy atom. The molecule has 0 radical (unpaired) electrons. The predicted molar refractivity (Wildman–Crippen MR) is 77.6 cm³/mol. The first-order valence-electron chi connectivity index (χ1n) is 4.94. The number of benzene rings is 1. The number of alkyl halides is 2. The zero-order valence-electron chi connectivity index (χ0n) is 8.73. The van der Waals surface area contributed by atoms with Crippen molar-refractivity contribution in [2.45, 2.75) is 11.4 Å². The van der Waals surface area contributed by atoms with Crippen LogP contribution >= 0.6 is 43.2 Å². The molecule has 1 aromatic carbocycles. The lowest BCUT2D eigenvalue weighted by molar-refractivity contribution is -0.116. The van der Waals surface area contributed by atoms with Gasteiger partial charge in [-0.1, -0.05) is 55.3 Å². The SMILES string of the molecule is O=C(CBr)[C@@H](Br)Cn1c(=O)sc2ccccc21. The largest absolute Gasteiger partial charge is 0.308 e. The number of ketones is 1. The molecule has 6 heteroatoms. The lowest BCUT2D eigenvalue weighted by Crippen LogP contribution is -2.25. The van der Waals surface area contributed by atoms with E-state index in [2.05, 4.69) is 31.9 Å². The fourth-order valence-corrected chi connectivity index (χ4v) is 3.71. The van der Waals surface area contributed by atoms with Crippen LogP contribution < -0.4 is 4.87 Å². The number of hydrogen-bond donors (Lipinski definition) is 0. The number of carbonyl (C=O) groups is 1. The molecule has 3 nitrogen and oxygen atoms in total. The second-order valence-corrected chi connectivity index (χ2v) is 6.17. The van der Waals surface area contributed by atoms with E-state index in [1.807, 2.05) is 24.3 Å². The summed E-state index contributed by atoms with van der Waals surface area (Å²) in [5.41, 5.74) is 0.884. The molecule has 0 bridgehead atoms. The van der Waals surface area contributed by atoms with E-state index >= 15 is 0 Å². The Kier molecular flexibility index (Phi) is 4.17. The second kappa shape index (κ2) is 5.46. The number of fused-ring (bicyclic) bond motifs is 1. The quantitative estimate of drug-likeness (QED) is 0.767. The molecule has 0 aliphatic rings. The smallest absolute Gasteiger partial charge is 0.297 e. The molecule has 0 saturated carbocycles. The minimum atomic E-state index is -0.336. The summed E-state index contributed by atoms with van der Waals surface area (Å²) in [5, 5.41) is 0.291. The maximum atomic E-state index is 11.8. The molecule has 0 aliphatic carbocycles. The lowest BCUT2D eigenvalue weighted by Gasteiger charge is -2.08. The first-order valence-corrected chi connectivity index (χ1v) is 7.80. The molecule has 1 atom stereocenters. The molecule has 0 unspecified atom stereocenters. The molecule has 0 amide bonds. The summed E-state index contributed by atoms with van der Waals surface area (Å²) < 4.78 is 2.59. The van der Waals surface area contributed by atoms with Crippen molar-refractivity contribution in [2.75, 3.05) is 5.33 Å². The molecule has 2 aromatic rings. The van der Waals surface area contributed by atoms with E-state index < -0.39 is 0 Å². The van der Waals surface area contributed by atoms with Gasteiger partial charge in [0.25, 0.3) is 0 Å². The number of nitrogens with zero attached hydrogens (tertiary/aromatic N) is 1. The van der Waals surface area contributed by atoms with Crippen LogP contribution in [0.3, 0.4) is 0 Å². The Hall–Kier alpha value is -0.460. The van der Waals surface area contributed by atoms with Crippen molar-refractivity contribution in [3.63, 3.8) is 0 Å². The molecule has 0 fully saturated rings. The number of hydrogen-bond acceptors (Lipinski definition) is 3. The monoisotopic (exact) mass is 377 g/mol. The average molecular weight is 379 g/mol. The summed E-state index contributed by atoms with van der Waals surface area (Å²) in [7, 11) is 0. The third kappa shape index (κ3) is 2.69. The van der Waals surface area contributed by atoms with Gasteiger partial charge in [0.05, 0.1) is 20.4 Å². The molecule has 0 spiro atoms. The van der Waals surface area contributed by atoms with E-state index in [0.29, 0.717) is 11.9 Å². The maximum Gasteiger partial charge on any atom is 0.308 e. The number of rotatable bonds is 4. The van der Waals surface area contributed by atoms with Crippen molar-refractivity contribution in [1.29, 1.82) is 0 Å². The van der Waals surface area contributed by atoms with Crippen LogP contribution in [0.5, 0.6) is 0 Å². The van der Waals surface area contributed by atoms with E-state index in [0.717, 1.165) is 10.2 Å². The Morgan fingerprint density at radius 2 is 2.12 bits per heavy atom. The van der Waals surface area contributed by atoms with Crippen LogP contribution in [0.1, 0.15) is 0 Å². The van der Waals surface area contributed by atoms with Crippen LogP contribution in [-0.2, 0) is 11.3 Å². The Morgan fingerprint density at radius 1 is 1.41 bits per heavy atom. The zero-order valence-corrected chi connectivity index (χ0v) is 12.7. The number of halogens is 2. The molecule has 17 heavy (non-hydrogen) atoms. The summed E-state index contributed by atoms with van der Waals surface area (Å²) in [5.74, 6) is 0.0344. The summed E-state index contributed by atoms with van der Waals surface area (Å²) in [6.07, 6.45) is 0. The molecule has 0 saturated heterocycles. The number of aromatic nitrogens is 1. The molecular weight excluding hydrogens is 370 g/mol. The van der Waals surface area contributed by atoms with Crippen LogP contribution in [0.15, 0.2) is 29.1 Å². The fraction of sp³-hybridized carbons (Fsp3) is 0.273. The van der Waals surface area contributed by atoms with Crippen molar-refractivity contribution in [3.05, 3.63) is 33.9 Å². The molecule has 1 aromatic heterocycles. The minimum absolute atomic E-state index is 0.0296. The van der Waals surface area contributed by atoms with Gasteiger partial charge >= 0.3 is 4.87 Å². The van der Waals surface area contributed by atoms with E-state index in [1.165, 1.54) is 11.3 Å². The van der Waals surface area contributed by atoms with E-state index in [1.54, 1.807) is 4.57 Å². The molecule has 90 valence electrons. The molecule has 2 rings (SSSR count). The Labute approximate surface area is 119 Å². The van der Waals surface area contributed by atoms with Gasteiger partial charge in [0, 0.05) is 6.54 Å². The van der Waals surface area contributed by atoms with Gasteiger partial charge in [0.1, 0.15) is 0 Å². The van der Waals surface area contributed by atoms with Crippen molar-refractivity contribution in [2.24, 2.45) is 0 Å². The van der Waals surface area contributed by atoms with Gasteiger partial charge in [0.15, 0.2) is 5.78 Å². The number of carbonyl (C=O) groups excluding carboxylic acids is 1. The average Bonchev–Trinajstić information content (AvgIpc) is 2.65. The van der Waals surface area contributed by atoms with Crippen LogP contribution in [0, 0.1) is 0 Å². The van der Waals surface area contributed by atoms with Crippen LogP contribution in [0.25, 0.3) is 10.2 Å². The summed E-state index contributed by atoms with van der Waals surface area (Å²) in [4.78, 5) is 22.9.